The Labute approximate surface area is 179 Å². The fourth-order valence-electron chi connectivity index (χ4n) is 4.07. The fraction of sp³-hybridized carbons (Fsp3) is 0.423. The monoisotopic (exact) mass is 408 g/mol. The van der Waals surface area contributed by atoms with Gasteiger partial charge in [0.15, 0.2) is 0 Å². The molecule has 0 aliphatic heterocycles. The number of nitrogens with one attached hydrogen (secondary N) is 2. The molecule has 1 aliphatic carbocycles. The molecule has 1 saturated carbocycles. The highest BCUT2D eigenvalue weighted by atomic mass is 19.1. The number of carbonyl (C=O) groups excluding carboxylic acids is 1. The Balaban J connectivity index is 1.84. The number of halogens is 1. The van der Waals surface area contributed by atoms with Crippen molar-refractivity contribution in [2.24, 2.45) is 0 Å². The summed E-state index contributed by atoms with van der Waals surface area (Å²) in [6.45, 7) is 9.77. The third-order valence-corrected chi connectivity index (χ3v) is 5.76. The summed E-state index contributed by atoms with van der Waals surface area (Å²) < 4.78 is 14.7. The molecule has 0 atom stereocenters. The molecular formula is C26H33FN2O. The molecule has 0 heterocycles. The van der Waals surface area contributed by atoms with E-state index in [1.54, 1.807) is 6.07 Å². The number of aryl methyl sites for hydroxylation is 2. The van der Waals surface area contributed by atoms with Crippen molar-refractivity contribution in [3.63, 3.8) is 0 Å². The predicted octanol–water partition coefficient (Wildman–Crippen LogP) is 6.39. The first-order valence-corrected chi connectivity index (χ1v) is 10.9. The van der Waals surface area contributed by atoms with Gasteiger partial charge in [-0.2, -0.15) is 0 Å². The van der Waals surface area contributed by atoms with Crippen LogP contribution in [0.1, 0.15) is 63.1 Å². The van der Waals surface area contributed by atoms with Crippen molar-refractivity contribution < 1.29 is 9.18 Å². The zero-order chi connectivity index (χ0) is 21.8. The first-order valence-electron chi connectivity index (χ1n) is 10.9. The molecule has 0 aromatic heterocycles. The molecule has 0 saturated heterocycles. The number of amides is 1. The van der Waals surface area contributed by atoms with E-state index in [2.05, 4.69) is 22.8 Å². The van der Waals surface area contributed by atoms with E-state index < -0.39 is 0 Å². The molecule has 3 rings (SSSR count). The summed E-state index contributed by atoms with van der Waals surface area (Å²) in [5, 5.41) is 6.26. The van der Waals surface area contributed by atoms with Crippen molar-refractivity contribution >= 4 is 17.7 Å². The average molecular weight is 409 g/mol. The Bertz CT molecular complexity index is 956. The molecule has 2 N–H and O–H groups in total. The number of hydrogen-bond donors (Lipinski definition) is 2. The van der Waals surface area contributed by atoms with Crippen molar-refractivity contribution in [2.75, 3.05) is 5.32 Å². The van der Waals surface area contributed by atoms with Crippen molar-refractivity contribution in [3.05, 3.63) is 58.4 Å². The highest BCUT2D eigenvalue weighted by molar-refractivity contribution is 5.97. The first-order chi connectivity index (χ1) is 14.2. The van der Waals surface area contributed by atoms with Crippen LogP contribution in [0.5, 0.6) is 0 Å². The Morgan fingerprint density at radius 3 is 2.43 bits per heavy atom. The topological polar surface area (TPSA) is 41.1 Å². The van der Waals surface area contributed by atoms with Crippen molar-refractivity contribution in [2.45, 2.75) is 72.4 Å². The Morgan fingerprint density at radius 1 is 1.10 bits per heavy atom. The second-order valence-corrected chi connectivity index (χ2v) is 8.80. The second kappa shape index (κ2) is 9.46. The van der Waals surface area contributed by atoms with Crippen molar-refractivity contribution in [1.82, 2.24) is 5.32 Å². The van der Waals surface area contributed by atoms with Crippen LogP contribution in [0.4, 0.5) is 10.1 Å². The van der Waals surface area contributed by atoms with E-state index in [0.717, 1.165) is 40.7 Å². The number of rotatable bonds is 6. The third kappa shape index (κ3) is 5.29. The molecule has 0 bridgehead atoms. The molecule has 160 valence electrons. The van der Waals surface area contributed by atoms with Gasteiger partial charge in [-0.25, -0.2) is 4.39 Å². The van der Waals surface area contributed by atoms with Crippen LogP contribution >= 0.6 is 0 Å². The average Bonchev–Trinajstić information content (AvgIpc) is 3.18. The Morgan fingerprint density at radius 2 is 1.80 bits per heavy atom. The summed E-state index contributed by atoms with van der Waals surface area (Å²) in [5.41, 5.74) is 6.27. The van der Waals surface area contributed by atoms with Gasteiger partial charge in [-0.1, -0.05) is 31.0 Å². The molecule has 0 radical (unpaired) electrons. The second-order valence-electron chi connectivity index (χ2n) is 8.80. The predicted molar refractivity (Wildman–Crippen MR) is 124 cm³/mol. The molecule has 30 heavy (non-hydrogen) atoms. The molecule has 0 unspecified atom stereocenters. The fourth-order valence-corrected chi connectivity index (χ4v) is 4.07. The largest absolute Gasteiger partial charge is 0.380 e. The van der Waals surface area contributed by atoms with Crippen molar-refractivity contribution in [1.29, 1.82) is 0 Å². The zero-order valence-electron chi connectivity index (χ0n) is 18.7. The maximum atomic E-state index is 14.7. The van der Waals surface area contributed by atoms with E-state index in [9.17, 15) is 9.18 Å². The minimum Gasteiger partial charge on any atom is -0.380 e. The summed E-state index contributed by atoms with van der Waals surface area (Å²) >= 11 is 0. The van der Waals surface area contributed by atoms with E-state index >= 15 is 0 Å². The van der Waals surface area contributed by atoms with Gasteiger partial charge in [0, 0.05) is 17.7 Å². The molecule has 2 aromatic rings. The highest BCUT2D eigenvalue weighted by Crippen LogP contribution is 2.31. The minimum absolute atomic E-state index is 0.0569. The van der Waals surface area contributed by atoms with Gasteiger partial charge in [-0.05, 0) is 93.5 Å². The SMILES string of the molecule is CC(=Cc1cc(C)c(-c2ccc(NC3CCCC3)c(F)c2)cc1C)C(=O)NC(C)C. The van der Waals surface area contributed by atoms with E-state index in [1.165, 1.54) is 12.8 Å². The van der Waals surface area contributed by atoms with Crippen LogP contribution in [-0.4, -0.2) is 18.0 Å². The van der Waals surface area contributed by atoms with Gasteiger partial charge in [-0.15, -0.1) is 0 Å². The van der Waals surface area contributed by atoms with Crippen LogP contribution in [0, 0.1) is 19.7 Å². The maximum Gasteiger partial charge on any atom is 0.247 e. The van der Waals surface area contributed by atoms with Crippen LogP contribution in [0.3, 0.4) is 0 Å². The van der Waals surface area contributed by atoms with Gasteiger partial charge in [-0.3, -0.25) is 4.79 Å². The maximum absolute atomic E-state index is 14.7. The van der Waals surface area contributed by atoms with E-state index in [-0.39, 0.29) is 17.8 Å². The van der Waals surface area contributed by atoms with Gasteiger partial charge >= 0.3 is 0 Å². The number of hydrogen-bond acceptors (Lipinski definition) is 2. The molecule has 4 heteroatoms. The quantitative estimate of drug-likeness (QED) is 0.544. The van der Waals surface area contributed by atoms with Gasteiger partial charge in [0.05, 0.1) is 5.69 Å². The van der Waals surface area contributed by atoms with Gasteiger partial charge in [0.1, 0.15) is 5.82 Å². The molecule has 1 fully saturated rings. The van der Waals surface area contributed by atoms with Gasteiger partial charge < -0.3 is 10.6 Å². The first kappa shape index (κ1) is 22.1. The smallest absolute Gasteiger partial charge is 0.247 e. The third-order valence-electron chi connectivity index (χ3n) is 5.76. The lowest BCUT2D eigenvalue weighted by Gasteiger charge is -2.16. The molecule has 1 aliphatic rings. The number of benzene rings is 2. The lowest BCUT2D eigenvalue weighted by molar-refractivity contribution is -0.117. The number of carbonyl (C=O) groups is 1. The highest BCUT2D eigenvalue weighted by Gasteiger charge is 2.17. The Hall–Kier alpha value is -2.62. The normalized spacial score (nSPS) is 15.0. The number of anilines is 1. The summed E-state index contributed by atoms with van der Waals surface area (Å²) in [5.74, 6) is -0.264. The summed E-state index contributed by atoms with van der Waals surface area (Å²) in [7, 11) is 0. The van der Waals surface area contributed by atoms with E-state index in [0.29, 0.717) is 17.3 Å². The summed E-state index contributed by atoms with van der Waals surface area (Å²) in [6.07, 6.45) is 6.58. The Kier molecular flexibility index (Phi) is 6.96. The molecule has 2 aromatic carbocycles. The lowest BCUT2D eigenvalue weighted by Crippen LogP contribution is -2.30. The van der Waals surface area contributed by atoms with Crippen LogP contribution < -0.4 is 10.6 Å². The molecule has 0 spiro atoms. The lowest BCUT2D eigenvalue weighted by atomic mass is 9.94. The minimum atomic E-state index is -0.207. The summed E-state index contributed by atoms with van der Waals surface area (Å²) in [4.78, 5) is 12.2. The van der Waals surface area contributed by atoms with E-state index in [4.69, 9.17) is 0 Å². The molecular weight excluding hydrogens is 375 g/mol. The molecule has 3 nitrogen and oxygen atoms in total. The van der Waals surface area contributed by atoms with E-state index in [1.807, 2.05) is 52.8 Å². The van der Waals surface area contributed by atoms with Gasteiger partial charge in [0.25, 0.3) is 0 Å². The van der Waals surface area contributed by atoms with Crippen LogP contribution in [0.15, 0.2) is 35.9 Å². The summed E-state index contributed by atoms with van der Waals surface area (Å²) in [6, 6.07) is 10.1. The van der Waals surface area contributed by atoms with Crippen LogP contribution in [-0.2, 0) is 4.79 Å². The van der Waals surface area contributed by atoms with Crippen LogP contribution in [0.25, 0.3) is 17.2 Å². The zero-order valence-corrected chi connectivity index (χ0v) is 18.7. The molecule has 1 amide bonds. The van der Waals surface area contributed by atoms with Crippen molar-refractivity contribution in [3.8, 4) is 11.1 Å². The van der Waals surface area contributed by atoms with Gasteiger partial charge in [0.2, 0.25) is 5.91 Å². The standard InChI is InChI=1S/C26H33FN2O/c1-16(2)28-26(30)19(5)13-21-12-18(4)23(14-17(21)3)20-10-11-25(24(27)15-20)29-22-8-6-7-9-22/h10-16,22,29H,6-9H2,1-5H3,(H,28,30). The van der Waals surface area contributed by atoms with Crippen LogP contribution in [0.2, 0.25) is 0 Å².